The van der Waals surface area contributed by atoms with Crippen molar-refractivity contribution in [2.75, 3.05) is 13.8 Å². The Morgan fingerprint density at radius 3 is 1.35 bits per heavy atom. The molecule has 6 aromatic rings. The van der Waals surface area contributed by atoms with Crippen molar-refractivity contribution in [3.63, 3.8) is 0 Å². The van der Waals surface area contributed by atoms with Crippen LogP contribution in [-0.4, -0.2) is 38.8 Å². The summed E-state index contributed by atoms with van der Waals surface area (Å²) in [5, 5.41) is 0. The van der Waals surface area contributed by atoms with Crippen molar-refractivity contribution in [2.24, 2.45) is 5.73 Å². The summed E-state index contributed by atoms with van der Waals surface area (Å²) < 4.78 is 10.4. The van der Waals surface area contributed by atoms with Crippen molar-refractivity contribution in [3.8, 4) is 45.5 Å². The minimum atomic E-state index is 0. The standard InChI is InChI=1S/C13H13N2O2.2C12H12N2.Os/c1-16-11-4-2-3-10(7-11)13-8-12(17-9-14)5-6-15-13;2*1-9-3-5-13-11(7-9)12-8-10(2)4-6-14-12;/h2,4-8H,9,14H2,1H3;2*3-8H,1-2H3;/q-1;;;+1. The third-order valence-electron chi connectivity index (χ3n) is 6.45. The van der Waals surface area contributed by atoms with Crippen LogP contribution in [0.3, 0.4) is 0 Å². The first-order valence-corrected chi connectivity index (χ1v) is 14.4. The van der Waals surface area contributed by atoms with Crippen LogP contribution in [0.2, 0.25) is 0 Å². The van der Waals surface area contributed by atoms with E-state index in [0.717, 1.165) is 39.8 Å². The van der Waals surface area contributed by atoms with Gasteiger partial charge in [0.1, 0.15) is 12.5 Å². The Morgan fingerprint density at radius 2 is 0.957 bits per heavy atom. The van der Waals surface area contributed by atoms with E-state index < -0.39 is 0 Å². The average molecular weight is 788 g/mol. The smallest absolute Gasteiger partial charge is 0.516 e. The summed E-state index contributed by atoms with van der Waals surface area (Å²) in [6.45, 7) is 8.37. The fourth-order valence-corrected chi connectivity index (χ4v) is 4.17. The van der Waals surface area contributed by atoms with Crippen LogP contribution in [0.4, 0.5) is 0 Å². The molecule has 0 saturated carbocycles. The molecule has 1 aromatic carbocycles. The van der Waals surface area contributed by atoms with Crippen LogP contribution in [0.15, 0.2) is 110 Å². The zero-order valence-corrected chi connectivity index (χ0v) is 29.1. The number of nitrogens with zero attached hydrogens (tertiary/aromatic N) is 5. The van der Waals surface area contributed by atoms with E-state index in [2.05, 4.69) is 58.7 Å². The Bertz CT molecular complexity index is 1660. The van der Waals surface area contributed by atoms with Gasteiger partial charge < -0.3 is 14.5 Å². The average Bonchev–Trinajstić information content (AvgIpc) is 3.06. The number of methoxy groups -OCH3 is 1. The Labute approximate surface area is 284 Å². The van der Waals surface area contributed by atoms with Crippen LogP contribution >= 0.6 is 0 Å². The van der Waals surface area contributed by atoms with Gasteiger partial charge in [-0.15, -0.1) is 29.8 Å². The molecule has 5 heterocycles. The molecule has 0 fully saturated rings. The summed E-state index contributed by atoms with van der Waals surface area (Å²) in [7, 11) is 1.63. The van der Waals surface area contributed by atoms with Gasteiger partial charge in [-0.3, -0.25) is 25.7 Å². The molecule has 46 heavy (non-hydrogen) atoms. The first-order chi connectivity index (χ1) is 21.8. The van der Waals surface area contributed by atoms with E-state index in [4.69, 9.17) is 15.2 Å². The van der Waals surface area contributed by atoms with E-state index >= 15 is 0 Å². The molecule has 0 saturated heterocycles. The van der Waals surface area contributed by atoms with Gasteiger partial charge in [-0.25, -0.2) is 0 Å². The van der Waals surface area contributed by atoms with E-state index in [1.807, 2.05) is 91.5 Å². The van der Waals surface area contributed by atoms with Crippen molar-refractivity contribution >= 4 is 0 Å². The summed E-state index contributed by atoms with van der Waals surface area (Å²) in [6.07, 6.45) is 8.93. The van der Waals surface area contributed by atoms with E-state index in [-0.39, 0.29) is 26.5 Å². The molecule has 0 amide bonds. The van der Waals surface area contributed by atoms with Gasteiger partial charge in [0.05, 0.1) is 29.9 Å². The maximum absolute atomic E-state index is 5.32. The fraction of sp³-hybridized carbons (Fsp3) is 0.162. The molecule has 0 spiro atoms. The van der Waals surface area contributed by atoms with Gasteiger partial charge in [-0.05, 0) is 116 Å². The van der Waals surface area contributed by atoms with Crippen molar-refractivity contribution in [2.45, 2.75) is 27.7 Å². The van der Waals surface area contributed by atoms with Crippen LogP contribution < -0.4 is 15.2 Å². The maximum Gasteiger partial charge on any atom is 1.00 e. The van der Waals surface area contributed by atoms with E-state index in [9.17, 15) is 0 Å². The molecule has 1 radical (unpaired) electrons. The molecule has 0 aliphatic rings. The Kier molecular flexibility index (Phi) is 14.1. The normalized spacial score (nSPS) is 9.87. The zero-order chi connectivity index (χ0) is 32.0. The fourth-order valence-electron chi connectivity index (χ4n) is 4.17. The van der Waals surface area contributed by atoms with Crippen LogP contribution in [0.1, 0.15) is 22.3 Å². The third kappa shape index (κ3) is 11.0. The number of nitrogens with two attached hydrogens (primary N) is 1. The number of ether oxygens (including phenoxy) is 2. The molecular weight excluding hydrogens is 751 g/mol. The molecule has 235 valence electrons. The largest absolute Gasteiger partial charge is 1.00 e. The van der Waals surface area contributed by atoms with Crippen LogP contribution in [0, 0.1) is 33.8 Å². The second kappa shape index (κ2) is 18.2. The second-order valence-electron chi connectivity index (χ2n) is 10.2. The zero-order valence-electron chi connectivity index (χ0n) is 26.6. The van der Waals surface area contributed by atoms with Crippen molar-refractivity contribution in [1.82, 2.24) is 24.9 Å². The molecule has 5 aromatic heterocycles. The predicted molar refractivity (Wildman–Crippen MR) is 179 cm³/mol. The van der Waals surface area contributed by atoms with Gasteiger partial charge in [0.25, 0.3) is 0 Å². The van der Waals surface area contributed by atoms with Crippen molar-refractivity contribution in [1.29, 1.82) is 0 Å². The van der Waals surface area contributed by atoms with E-state index in [0.29, 0.717) is 5.75 Å². The minimum Gasteiger partial charge on any atom is -0.516 e. The number of benzene rings is 1. The molecule has 0 aliphatic heterocycles. The molecule has 9 heteroatoms. The molecule has 0 atom stereocenters. The third-order valence-corrected chi connectivity index (χ3v) is 6.45. The van der Waals surface area contributed by atoms with E-state index in [1.54, 1.807) is 25.4 Å². The Balaban J connectivity index is 0.000000187. The summed E-state index contributed by atoms with van der Waals surface area (Å²) >= 11 is 0. The Morgan fingerprint density at radius 1 is 0.543 bits per heavy atom. The van der Waals surface area contributed by atoms with Crippen LogP contribution in [0.25, 0.3) is 34.0 Å². The first kappa shape index (κ1) is 35.6. The monoisotopic (exact) mass is 789 g/mol. The van der Waals surface area contributed by atoms with Gasteiger partial charge in [-0.1, -0.05) is 0 Å². The maximum atomic E-state index is 5.32. The SMILES string of the molecule is COc1cc[c-]c(-c2cc(OCN)ccn2)c1.Cc1ccnc(-c2cc(C)ccn2)c1.Cc1ccnc(-c2cc(C)ccn2)c1.[Os+]. The van der Waals surface area contributed by atoms with Crippen molar-refractivity contribution < 1.29 is 29.3 Å². The number of hydrogen-bond acceptors (Lipinski definition) is 8. The first-order valence-electron chi connectivity index (χ1n) is 14.4. The molecule has 0 bridgehead atoms. The topological polar surface area (TPSA) is 109 Å². The quantitative estimate of drug-likeness (QED) is 0.138. The molecule has 6 rings (SSSR count). The number of aromatic nitrogens is 5. The second-order valence-corrected chi connectivity index (χ2v) is 10.2. The number of aryl methyl sites for hydroxylation is 4. The number of hydrogen-bond donors (Lipinski definition) is 1. The summed E-state index contributed by atoms with van der Waals surface area (Å²) in [4.78, 5) is 21.4. The molecule has 0 unspecified atom stereocenters. The predicted octanol–water partition coefficient (Wildman–Crippen LogP) is 7.37. The summed E-state index contributed by atoms with van der Waals surface area (Å²) in [5.74, 6) is 1.46. The summed E-state index contributed by atoms with van der Waals surface area (Å²) in [6, 6.07) is 28.3. The molecule has 8 nitrogen and oxygen atoms in total. The number of pyridine rings is 5. The van der Waals surface area contributed by atoms with Gasteiger partial charge >= 0.3 is 19.8 Å². The molecule has 2 N–H and O–H groups in total. The molecular formula is C37H37N6O2Os. The van der Waals surface area contributed by atoms with Crippen LogP contribution in [-0.2, 0) is 19.8 Å². The molecule has 0 aliphatic carbocycles. The van der Waals surface area contributed by atoms with Gasteiger partial charge in [0, 0.05) is 36.7 Å². The Hall–Kier alpha value is -4.83. The van der Waals surface area contributed by atoms with Crippen LogP contribution in [0.5, 0.6) is 11.5 Å². The van der Waals surface area contributed by atoms with Gasteiger partial charge in [0.2, 0.25) is 0 Å². The number of rotatable bonds is 6. The minimum absolute atomic E-state index is 0. The van der Waals surface area contributed by atoms with Gasteiger partial charge in [-0.2, -0.15) is 0 Å². The van der Waals surface area contributed by atoms with Gasteiger partial charge in [0.15, 0.2) is 0 Å². The van der Waals surface area contributed by atoms with Crippen molar-refractivity contribution in [3.05, 3.63) is 138 Å². The summed E-state index contributed by atoms with van der Waals surface area (Å²) in [5.41, 5.74) is 15.5. The van der Waals surface area contributed by atoms with E-state index in [1.165, 1.54) is 22.3 Å².